The van der Waals surface area contributed by atoms with Crippen molar-refractivity contribution in [3.8, 4) is 34.4 Å². The van der Waals surface area contributed by atoms with Gasteiger partial charge in [-0.3, -0.25) is 5.10 Å². The third kappa shape index (κ3) is 5.46. The first kappa shape index (κ1) is 23.7. The average molecular weight is 569 g/mol. The summed E-state index contributed by atoms with van der Waals surface area (Å²) in [5.74, 6) is 1.64. The minimum absolute atomic E-state index is 0.0433. The number of nitrogens with one attached hydrogen (secondary N) is 1. The zero-order valence-electron chi connectivity index (χ0n) is 17.6. The molecular formula is C21H20IN3O6S. The number of aliphatic carboxylic acids is 1. The summed E-state index contributed by atoms with van der Waals surface area (Å²) >= 11 is 3.03. The molecule has 3 aromatic rings. The second kappa shape index (κ2) is 10.6. The van der Waals surface area contributed by atoms with Crippen LogP contribution in [0.15, 0.2) is 40.4 Å². The van der Waals surface area contributed by atoms with Gasteiger partial charge in [-0.2, -0.15) is 0 Å². The minimum atomic E-state index is -1.10. The number of ether oxygens (including phenoxy) is 4. The lowest BCUT2D eigenvalue weighted by Crippen LogP contribution is -1.98. The average Bonchev–Trinajstić information content (AvgIpc) is 3.26. The van der Waals surface area contributed by atoms with Crippen LogP contribution in [0, 0.1) is 3.57 Å². The number of aromatic amines is 1. The van der Waals surface area contributed by atoms with Gasteiger partial charge in [0.05, 0.1) is 32.0 Å². The number of thioether (sulfide) groups is 1. The molecule has 1 aromatic heterocycles. The van der Waals surface area contributed by atoms with E-state index >= 15 is 0 Å². The summed E-state index contributed by atoms with van der Waals surface area (Å²) < 4.78 is 22.0. The lowest BCUT2D eigenvalue weighted by Gasteiger charge is -2.10. The first-order valence-corrected chi connectivity index (χ1v) is 11.0. The van der Waals surface area contributed by atoms with Crippen molar-refractivity contribution in [3.63, 3.8) is 0 Å². The van der Waals surface area contributed by atoms with Gasteiger partial charge in [0.15, 0.2) is 17.3 Å². The van der Waals surface area contributed by atoms with E-state index < -0.39 is 5.97 Å². The fourth-order valence-electron chi connectivity index (χ4n) is 2.77. The molecule has 0 atom stereocenters. The number of H-pyrrole nitrogens is 1. The fourth-order valence-corrected chi connectivity index (χ4v) is 4.32. The molecule has 1 heterocycles. The van der Waals surface area contributed by atoms with E-state index in [9.17, 15) is 9.90 Å². The number of carbonyl (C=O) groups is 1. The van der Waals surface area contributed by atoms with Crippen LogP contribution in [0.3, 0.4) is 0 Å². The van der Waals surface area contributed by atoms with Crippen molar-refractivity contribution in [3.05, 3.63) is 44.4 Å². The molecule has 0 unspecified atom stereocenters. The Balaban J connectivity index is 1.91. The molecule has 0 saturated carbocycles. The molecule has 9 nitrogen and oxygen atoms in total. The van der Waals surface area contributed by atoms with E-state index in [2.05, 4.69) is 37.8 Å². The van der Waals surface area contributed by atoms with Crippen LogP contribution in [0.1, 0.15) is 5.56 Å². The second-order valence-electron chi connectivity index (χ2n) is 6.22. The Morgan fingerprint density at radius 3 is 2.28 bits per heavy atom. The first-order chi connectivity index (χ1) is 15.4. The number of hydrogen-bond acceptors (Lipinski definition) is 8. The van der Waals surface area contributed by atoms with Gasteiger partial charge < -0.3 is 24.1 Å². The highest BCUT2D eigenvalue weighted by atomic mass is 127. The molecule has 0 aliphatic carbocycles. The molecule has 11 heteroatoms. The maximum absolute atomic E-state index is 11.9. The van der Waals surface area contributed by atoms with Gasteiger partial charge in [0.2, 0.25) is 5.16 Å². The largest absolute Gasteiger partial charge is 0.497 e. The zero-order chi connectivity index (χ0) is 23.3. The van der Waals surface area contributed by atoms with E-state index in [1.165, 1.54) is 13.2 Å². The van der Waals surface area contributed by atoms with E-state index in [4.69, 9.17) is 18.9 Å². The molecule has 0 bridgehead atoms. The van der Waals surface area contributed by atoms with Crippen LogP contribution in [0.5, 0.6) is 23.0 Å². The van der Waals surface area contributed by atoms with Crippen LogP contribution >= 0.6 is 34.4 Å². The number of benzene rings is 2. The summed E-state index contributed by atoms with van der Waals surface area (Å²) in [5.41, 5.74) is 1.33. The molecule has 168 valence electrons. The number of halogens is 1. The van der Waals surface area contributed by atoms with E-state index in [1.807, 2.05) is 0 Å². The maximum Gasteiger partial charge on any atom is 0.342 e. The lowest BCUT2D eigenvalue weighted by molar-refractivity contribution is -0.131. The Kier molecular flexibility index (Phi) is 7.85. The molecule has 3 rings (SSSR count). The molecular weight excluding hydrogens is 549 g/mol. The van der Waals surface area contributed by atoms with Crippen molar-refractivity contribution in [2.45, 2.75) is 5.16 Å². The van der Waals surface area contributed by atoms with Gasteiger partial charge in [0.1, 0.15) is 16.4 Å². The van der Waals surface area contributed by atoms with Crippen LogP contribution in [0.4, 0.5) is 0 Å². The van der Waals surface area contributed by atoms with Crippen LogP contribution in [0.2, 0.25) is 0 Å². The van der Waals surface area contributed by atoms with E-state index in [1.54, 1.807) is 51.7 Å². The Bertz CT molecular complexity index is 1140. The third-order valence-corrected chi connectivity index (χ3v) is 5.93. The van der Waals surface area contributed by atoms with Crippen molar-refractivity contribution in [1.82, 2.24) is 15.2 Å². The fraction of sp³-hybridized carbons (Fsp3) is 0.190. The third-order valence-electron chi connectivity index (χ3n) is 4.26. The number of aromatic nitrogens is 3. The topological polar surface area (TPSA) is 116 Å². The lowest BCUT2D eigenvalue weighted by atomic mass is 10.2. The molecule has 32 heavy (non-hydrogen) atoms. The Morgan fingerprint density at radius 1 is 1.03 bits per heavy atom. The highest BCUT2D eigenvalue weighted by molar-refractivity contribution is 14.1. The van der Waals surface area contributed by atoms with Gasteiger partial charge in [-0.15, -0.1) is 5.10 Å². The number of hydrogen-bond donors (Lipinski definition) is 2. The predicted octanol–water partition coefficient (Wildman–Crippen LogP) is 4.33. The van der Waals surface area contributed by atoms with E-state index in [0.29, 0.717) is 39.9 Å². The summed E-state index contributed by atoms with van der Waals surface area (Å²) in [6, 6.07) is 8.80. The summed E-state index contributed by atoms with van der Waals surface area (Å²) in [6.07, 6.45) is 1.53. The molecule has 2 aromatic carbocycles. The predicted molar refractivity (Wildman–Crippen MR) is 129 cm³/mol. The highest BCUT2D eigenvalue weighted by Crippen LogP contribution is 2.36. The second-order valence-corrected chi connectivity index (χ2v) is 8.39. The van der Waals surface area contributed by atoms with E-state index in [0.717, 1.165) is 15.3 Å². The van der Waals surface area contributed by atoms with Gasteiger partial charge in [-0.1, -0.05) is 0 Å². The van der Waals surface area contributed by atoms with E-state index in [-0.39, 0.29) is 10.1 Å². The summed E-state index contributed by atoms with van der Waals surface area (Å²) in [6.45, 7) is 0. The number of carboxylic acid groups (broad SMARTS) is 1. The SMILES string of the molecule is COc1cc(OC)cc(-c2nc(S/C(=C\c3cc(I)c(OC)c(OC)c3)C(=O)O)n[nH]2)c1. The van der Waals surface area contributed by atoms with Gasteiger partial charge in [-0.05, 0) is 70.3 Å². The smallest absolute Gasteiger partial charge is 0.342 e. The first-order valence-electron chi connectivity index (χ1n) is 9.08. The summed E-state index contributed by atoms with van der Waals surface area (Å²) in [5, 5.41) is 16.9. The van der Waals surface area contributed by atoms with Gasteiger partial charge in [0.25, 0.3) is 0 Å². The molecule has 0 amide bonds. The van der Waals surface area contributed by atoms with Crippen molar-refractivity contribution in [1.29, 1.82) is 0 Å². The number of methoxy groups -OCH3 is 4. The Hall–Kier alpha value is -2.93. The van der Waals surface area contributed by atoms with Gasteiger partial charge >= 0.3 is 5.97 Å². The molecule has 0 saturated heterocycles. The maximum atomic E-state index is 11.9. The Morgan fingerprint density at radius 2 is 1.72 bits per heavy atom. The van der Waals surface area contributed by atoms with Crippen molar-refractivity contribution >= 4 is 46.4 Å². The minimum Gasteiger partial charge on any atom is -0.497 e. The molecule has 0 aliphatic heterocycles. The molecule has 0 spiro atoms. The quantitative estimate of drug-likeness (QED) is 0.221. The zero-order valence-corrected chi connectivity index (χ0v) is 20.6. The monoisotopic (exact) mass is 569 g/mol. The van der Waals surface area contributed by atoms with Crippen molar-refractivity contribution < 1.29 is 28.8 Å². The van der Waals surface area contributed by atoms with Gasteiger partial charge in [-0.25, -0.2) is 9.78 Å². The highest BCUT2D eigenvalue weighted by Gasteiger charge is 2.17. The number of rotatable bonds is 9. The van der Waals surface area contributed by atoms with Crippen LogP contribution in [-0.2, 0) is 4.79 Å². The molecule has 0 fully saturated rings. The van der Waals surface area contributed by atoms with Crippen LogP contribution < -0.4 is 18.9 Å². The van der Waals surface area contributed by atoms with Crippen LogP contribution in [0.25, 0.3) is 17.5 Å². The number of nitrogens with zero attached hydrogens (tertiary/aromatic N) is 2. The van der Waals surface area contributed by atoms with Gasteiger partial charge in [0, 0.05) is 11.6 Å². The Labute approximate surface area is 202 Å². The van der Waals surface area contributed by atoms with Crippen molar-refractivity contribution in [2.24, 2.45) is 0 Å². The molecule has 0 aliphatic rings. The normalized spacial score (nSPS) is 11.2. The standard InChI is InChI=1S/C21H20IN3O6S/c1-28-13-8-12(9-14(10-13)29-2)19-23-21(25-24-19)32-17(20(26)27)7-11-5-15(22)18(31-4)16(6-11)30-3/h5-10H,1-4H3,(H,26,27)(H,23,24,25)/b17-7-. The summed E-state index contributed by atoms with van der Waals surface area (Å²) in [7, 11) is 6.18. The molecule has 0 radical (unpaired) electrons. The number of carboxylic acids is 1. The van der Waals surface area contributed by atoms with Crippen molar-refractivity contribution in [2.75, 3.05) is 28.4 Å². The van der Waals surface area contributed by atoms with Crippen LogP contribution in [-0.4, -0.2) is 54.7 Å². The molecule has 2 N–H and O–H groups in total. The summed E-state index contributed by atoms with van der Waals surface area (Å²) in [4.78, 5) is 16.3.